The van der Waals surface area contributed by atoms with Gasteiger partial charge in [0, 0.05) is 6.04 Å². The molecule has 0 saturated heterocycles. The van der Waals surface area contributed by atoms with Crippen LogP contribution in [0.4, 0.5) is 0 Å². The van der Waals surface area contributed by atoms with Crippen molar-refractivity contribution in [2.24, 2.45) is 5.92 Å². The van der Waals surface area contributed by atoms with Crippen LogP contribution in [0.5, 0.6) is 0 Å². The van der Waals surface area contributed by atoms with Gasteiger partial charge in [0.05, 0.1) is 12.4 Å². The van der Waals surface area contributed by atoms with Crippen molar-refractivity contribution in [3.8, 4) is 0 Å². The molecule has 0 spiro atoms. The summed E-state index contributed by atoms with van der Waals surface area (Å²) in [6, 6.07) is 10.1. The zero-order chi connectivity index (χ0) is 16.2. The third-order valence-electron chi connectivity index (χ3n) is 3.91. The Labute approximate surface area is 133 Å². The Morgan fingerprint density at radius 3 is 2.35 bits per heavy atom. The van der Waals surface area contributed by atoms with Crippen LogP contribution in [-0.2, 0) is 6.42 Å². The lowest BCUT2D eigenvalue weighted by atomic mass is 10.0. The highest BCUT2D eigenvalue weighted by molar-refractivity contribution is 5.93. The number of nitrogens with one attached hydrogen (secondary N) is 1. The van der Waals surface area contributed by atoms with Crippen molar-refractivity contribution < 1.29 is 14.7 Å². The summed E-state index contributed by atoms with van der Waals surface area (Å²) >= 11 is 0. The number of carboxylic acids is 1. The normalized spacial score (nSPS) is 15.0. The fraction of sp³-hybridized carbons (Fsp3) is 0.294. The van der Waals surface area contributed by atoms with E-state index in [0.717, 1.165) is 25.5 Å². The number of carbonyl (C=O) groups is 2. The average molecular weight is 311 g/mol. The average Bonchev–Trinajstić information content (AvgIpc) is 3.40. The lowest BCUT2D eigenvalue weighted by Gasteiger charge is -2.18. The number of aromatic carboxylic acids is 1. The monoisotopic (exact) mass is 311 g/mol. The van der Waals surface area contributed by atoms with Crippen molar-refractivity contribution in [3.63, 3.8) is 0 Å². The smallest absolute Gasteiger partial charge is 0.356 e. The van der Waals surface area contributed by atoms with Gasteiger partial charge in [0.15, 0.2) is 5.69 Å². The van der Waals surface area contributed by atoms with Crippen LogP contribution in [0.15, 0.2) is 42.7 Å². The van der Waals surface area contributed by atoms with E-state index in [2.05, 4.69) is 15.3 Å². The lowest BCUT2D eigenvalue weighted by Crippen LogP contribution is -2.38. The molecular formula is C17H17N3O3. The van der Waals surface area contributed by atoms with Crippen molar-refractivity contribution in [2.45, 2.75) is 25.3 Å². The van der Waals surface area contributed by atoms with Crippen LogP contribution >= 0.6 is 0 Å². The zero-order valence-corrected chi connectivity index (χ0v) is 12.5. The van der Waals surface area contributed by atoms with E-state index in [1.807, 2.05) is 30.3 Å². The van der Waals surface area contributed by atoms with Crippen LogP contribution in [0, 0.1) is 5.92 Å². The predicted octanol–water partition coefficient (Wildman–Crippen LogP) is 1.93. The Bertz CT molecular complexity index is 697. The van der Waals surface area contributed by atoms with Gasteiger partial charge in [-0.05, 0) is 30.7 Å². The number of benzene rings is 1. The van der Waals surface area contributed by atoms with Gasteiger partial charge in [-0.1, -0.05) is 30.3 Å². The highest BCUT2D eigenvalue weighted by Gasteiger charge is 2.32. The number of hydrogen-bond acceptors (Lipinski definition) is 4. The molecule has 0 bridgehead atoms. The third-order valence-corrected chi connectivity index (χ3v) is 3.91. The third kappa shape index (κ3) is 3.91. The van der Waals surface area contributed by atoms with E-state index in [9.17, 15) is 9.59 Å². The van der Waals surface area contributed by atoms with Crippen molar-refractivity contribution in [3.05, 3.63) is 59.7 Å². The fourth-order valence-corrected chi connectivity index (χ4v) is 2.50. The minimum absolute atomic E-state index is 0.0610. The van der Waals surface area contributed by atoms with Gasteiger partial charge >= 0.3 is 5.97 Å². The van der Waals surface area contributed by atoms with E-state index >= 15 is 0 Å². The molecule has 1 atom stereocenters. The van der Waals surface area contributed by atoms with Gasteiger partial charge in [-0.2, -0.15) is 0 Å². The van der Waals surface area contributed by atoms with E-state index in [1.54, 1.807) is 0 Å². The van der Waals surface area contributed by atoms with Crippen LogP contribution in [0.3, 0.4) is 0 Å². The van der Waals surface area contributed by atoms with Crippen molar-refractivity contribution in [1.29, 1.82) is 0 Å². The van der Waals surface area contributed by atoms with Crippen LogP contribution in [0.2, 0.25) is 0 Å². The molecule has 0 aliphatic heterocycles. The van der Waals surface area contributed by atoms with Gasteiger partial charge in [-0.15, -0.1) is 0 Å². The number of amides is 1. The van der Waals surface area contributed by atoms with Crippen LogP contribution in [-0.4, -0.2) is 33.0 Å². The summed E-state index contributed by atoms with van der Waals surface area (Å²) in [6.07, 6.45) is 5.30. The molecule has 23 heavy (non-hydrogen) atoms. The Kier molecular flexibility index (Phi) is 4.32. The van der Waals surface area contributed by atoms with Gasteiger partial charge < -0.3 is 10.4 Å². The Hall–Kier alpha value is -2.76. The standard InChI is InChI=1S/C17H17N3O3/c21-16(14-9-19-15(10-18-14)17(22)23)20-13(12-6-7-12)8-11-4-2-1-3-5-11/h1-5,9-10,12-13H,6-8H2,(H,20,21)(H,22,23). The summed E-state index contributed by atoms with van der Waals surface area (Å²) in [6.45, 7) is 0. The largest absolute Gasteiger partial charge is 0.476 e. The molecule has 2 aromatic rings. The molecule has 1 amide bonds. The van der Waals surface area contributed by atoms with Crippen molar-refractivity contribution in [1.82, 2.24) is 15.3 Å². The zero-order valence-electron chi connectivity index (χ0n) is 12.5. The first-order valence-corrected chi connectivity index (χ1v) is 7.53. The molecule has 1 aliphatic carbocycles. The summed E-state index contributed by atoms with van der Waals surface area (Å²) in [7, 11) is 0. The summed E-state index contributed by atoms with van der Waals surface area (Å²) in [5.74, 6) is -0.989. The quantitative estimate of drug-likeness (QED) is 0.850. The summed E-state index contributed by atoms with van der Waals surface area (Å²) < 4.78 is 0. The van der Waals surface area contributed by atoms with E-state index < -0.39 is 5.97 Å². The second-order valence-electron chi connectivity index (χ2n) is 5.70. The molecule has 0 radical (unpaired) electrons. The highest BCUT2D eigenvalue weighted by Crippen LogP contribution is 2.34. The number of rotatable bonds is 6. The maximum Gasteiger partial charge on any atom is 0.356 e. The molecule has 1 unspecified atom stereocenters. The van der Waals surface area contributed by atoms with Crippen LogP contribution in [0.25, 0.3) is 0 Å². The maximum atomic E-state index is 12.3. The molecule has 118 valence electrons. The summed E-state index contributed by atoms with van der Waals surface area (Å²) in [4.78, 5) is 30.7. The van der Waals surface area contributed by atoms with Gasteiger partial charge in [-0.25, -0.2) is 14.8 Å². The predicted molar refractivity (Wildman–Crippen MR) is 83.1 cm³/mol. The van der Waals surface area contributed by atoms with E-state index in [0.29, 0.717) is 5.92 Å². The van der Waals surface area contributed by atoms with E-state index in [4.69, 9.17) is 5.11 Å². The summed E-state index contributed by atoms with van der Waals surface area (Å²) in [5, 5.41) is 11.8. The first kappa shape index (κ1) is 15.1. The molecule has 1 aromatic heterocycles. The minimum atomic E-state index is -1.16. The summed E-state index contributed by atoms with van der Waals surface area (Å²) in [5.41, 5.74) is 1.13. The molecule has 1 aliphatic rings. The second kappa shape index (κ2) is 6.56. The van der Waals surface area contributed by atoms with Crippen LogP contribution < -0.4 is 5.32 Å². The number of aromatic nitrogens is 2. The molecule has 1 fully saturated rings. The van der Waals surface area contributed by atoms with Gasteiger partial charge in [-0.3, -0.25) is 4.79 Å². The highest BCUT2D eigenvalue weighted by atomic mass is 16.4. The molecular weight excluding hydrogens is 294 g/mol. The molecule has 2 N–H and O–H groups in total. The van der Waals surface area contributed by atoms with E-state index in [-0.39, 0.29) is 23.3 Å². The number of carboxylic acid groups (broad SMARTS) is 1. The van der Waals surface area contributed by atoms with Crippen LogP contribution in [0.1, 0.15) is 39.4 Å². The lowest BCUT2D eigenvalue weighted by molar-refractivity contribution is 0.0688. The molecule has 1 saturated carbocycles. The molecule has 6 heteroatoms. The Morgan fingerprint density at radius 1 is 1.13 bits per heavy atom. The van der Waals surface area contributed by atoms with Gasteiger partial charge in [0.1, 0.15) is 5.69 Å². The molecule has 1 heterocycles. The fourth-order valence-electron chi connectivity index (χ4n) is 2.50. The molecule has 3 rings (SSSR count). The van der Waals surface area contributed by atoms with Crippen molar-refractivity contribution >= 4 is 11.9 Å². The van der Waals surface area contributed by atoms with Crippen molar-refractivity contribution in [2.75, 3.05) is 0 Å². The maximum absolute atomic E-state index is 12.3. The SMILES string of the molecule is O=C(O)c1cnc(C(=O)NC(Cc2ccccc2)C2CC2)cn1. The number of hydrogen-bond donors (Lipinski definition) is 2. The topological polar surface area (TPSA) is 92.2 Å². The van der Waals surface area contributed by atoms with Gasteiger partial charge in [0.25, 0.3) is 5.91 Å². The van der Waals surface area contributed by atoms with E-state index in [1.165, 1.54) is 11.8 Å². The molecule has 1 aromatic carbocycles. The number of carbonyl (C=O) groups excluding carboxylic acids is 1. The second-order valence-corrected chi connectivity index (χ2v) is 5.70. The van der Waals surface area contributed by atoms with Gasteiger partial charge in [0.2, 0.25) is 0 Å². The minimum Gasteiger partial charge on any atom is -0.476 e. The molecule has 6 nitrogen and oxygen atoms in total. The first-order chi connectivity index (χ1) is 11.1. The first-order valence-electron chi connectivity index (χ1n) is 7.53. The Balaban J connectivity index is 1.67. The Morgan fingerprint density at radius 2 is 1.78 bits per heavy atom. The number of nitrogens with zero attached hydrogens (tertiary/aromatic N) is 2.